The zero-order valence-corrected chi connectivity index (χ0v) is 16.8. The molecule has 1 aromatic heterocycles. The molecule has 0 fully saturated rings. The molecule has 0 spiro atoms. The van der Waals surface area contributed by atoms with E-state index in [9.17, 15) is 0 Å². The van der Waals surface area contributed by atoms with Crippen molar-refractivity contribution in [2.24, 2.45) is 4.99 Å². The Morgan fingerprint density at radius 1 is 1.08 bits per heavy atom. The second-order valence-corrected chi connectivity index (χ2v) is 5.39. The first kappa shape index (κ1) is 20.4. The summed E-state index contributed by atoms with van der Waals surface area (Å²) in [6.45, 7) is 6.75. The number of benzene rings is 1. The molecule has 4 nitrogen and oxygen atoms in total. The van der Waals surface area contributed by atoms with E-state index in [0.29, 0.717) is 6.54 Å². The number of hydrogen-bond acceptors (Lipinski definition) is 2. The summed E-state index contributed by atoms with van der Waals surface area (Å²) in [5.74, 6) is 0.879. The molecule has 0 saturated heterocycles. The molecule has 0 aliphatic heterocycles. The summed E-state index contributed by atoms with van der Waals surface area (Å²) in [5, 5.41) is 6.65. The Labute approximate surface area is 162 Å². The van der Waals surface area contributed by atoms with Crippen molar-refractivity contribution in [2.75, 3.05) is 13.1 Å². The maximum atomic E-state index is 4.66. The van der Waals surface area contributed by atoms with Crippen LogP contribution in [0.2, 0.25) is 0 Å². The first-order valence-electron chi connectivity index (χ1n) is 8.36. The van der Waals surface area contributed by atoms with Crippen LogP contribution in [0.4, 0.5) is 0 Å². The van der Waals surface area contributed by atoms with Crippen molar-refractivity contribution in [2.45, 2.75) is 33.2 Å². The number of unbranched alkanes of at least 4 members (excludes halogenated alkanes) is 1. The fourth-order valence-electron chi connectivity index (χ4n) is 2.26. The van der Waals surface area contributed by atoms with Crippen LogP contribution in [-0.4, -0.2) is 24.0 Å². The van der Waals surface area contributed by atoms with Crippen LogP contribution in [0.3, 0.4) is 0 Å². The largest absolute Gasteiger partial charge is 0.357 e. The van der Waals surface area contributed by atoms with Crippen molar-refractivity contribution in [1.29, 1.82) is 0 Å². The van der Waals surface area contributed by atoms with Gasteiger partial charge < -0.3 is 10.6 Å². The minimum Gasteiger partial charge on any atom is -0.357 e. The fraction of sp³-hybridized carbons (Fsp3) is 0.368. The van der Waals surface area contributed by atoms with Gasteiger partial charge in [0.2, 0.25) is 0 Å². The molecule has 2 rings (SSSR count). The third-order valence-corrected chi connectivity index (χ3v) is 3.47. The first-order chi connectivity index (χ1) is 11.3. The molecule has 1 heterocycles. The normalized spacial score (nSPS) is 10.8. The summed E-state index contributed by atoms with van der Waals surface area (Å²) >= 11 is 0. The molecule has 2 N–H and O–H groups in total. The van der Waals surface area contributed by atoms with Gasteiger partial charge in [0, 0.05) is 24.8 Å². The topological polar surface area (TPSA) is 49.3 Å². The van der Waals surface area contributed by atoms with Gasteiger partial charge >= 0.3 is 0 Å². The Kier molecular flexibility index (Phi) is 10.1. The SMILES string of the molecule is CCCCNC(=NCc1cccc(-c2ccccn2)c1)NCC.I. The molecule has 0 atom stereocenters. The lowest BCUT2D eigenvalue weighted by Crippen LogP contribution is -2.37. The molecule has 0 unspecified atom stereocenters. The Morgan fingerprint density at radius 3 is 2.67 bits per heavy atom. The van der Waals surface area contributed by atoms with Crippen LogP contribution in [0.1, 0.15) is 32.3 Å². The van der Waals surface area contributed by atoms with Gasteiger partial charge in [-0.25, -0.2) is 4.99 Å². The van der Waals surface area contributed by atoms with Crippen molar-refractivity contribution >= 4 is 29.9 Å². The van der Waals surface area contributed by atoms with Crippen molar-refractivity contribution < 1.29 is 0 Å². The lowest BCUT2D eigenvalue weighted by atomic mass is 10.1. The van der Waals surface area contributed by atoms with Crippen LogP contribution in [0, 0.1) is 0 Å². The summed E-state index contributed by atoms with van der Waals surface area (Å²) in [6.07, 6.45) is 4.15. The van der Waals surface area contributed by atoms with Gasteiger partial charge in [-0.15, -0.1) is 24.0 Å². The van der Waals surface area contributed by atoms with Gasteiger partial charge in [-0.3, -0.25) is 4.98 Å². The Balaban J connectivity index is 0.00000288. The highest BCUT2D eigenvalue weighted by Gasteiger charge is 2.01. The second-order valence-electron chi connectivity index (χ2n) is 5.39. The third kappa shape index (κ3) is 6.86. The number of guanidine groups is 1. The van der Waals surface area contributed by atoms with Gasteiger partial charge in [-0.1, -0.05) is 37.6 Å². The second kappa shape index (κ2) is 11.8. The monoisotopic (exact) mass is 438 g/mol. The Bertz CT molecular complexity index is 614. The molecule has 2 aromatic rings. The van der Waals surface area contributed by atoms with Crippen molar-refractivity contribution in [1.82, 2.24) is 15.6 Å². The van der Waals surface area contributed by atoms with E-state index >= 15 is 0 Å². The van der Waals surface area contributed by atoms with E-state index in [0.717, 1.165) is 36.7 Å². The number of pyridine rings is 1. The minimum absolute atomic E-state index is 0. The highest BCUT2D eigenvalue weighted by Crippen LogP contribution is 2.18. The van der Waals surface area contributed by atoms with E-state index in [1.165, 1.54) is 12.0 Å². The molecule has 24 heavy (non-hydrogen) atoms. The maximum absolute atomic E-state index is 4.66. The van der Waals surface area contributed by atoms with Gasteiger partial charge in [-0.2, -0.15) is 0 Å². The Hall–Kier alpha value is -1.63. The first-order valence-corrected chi connectivity index (χ1v) is 8.36. The number of aliphatic imine (C=N–C) groups is 1. The van der Waals surface area contributed by atoms with Crippen molar-refractivity contribution in [3.8, 4) is 11.3 Å². The molecule has 5 heteroatoms. The summed E-state index contributed by atoms with van der Waals surface area (Å²) in [4.78, 5) is 9.07. The standard InChI is InChI=1S/C19H26N4.HI/c1-3-5-12-22-19(20-4-2)23-15-16-9-8-10-17(14-16)18-11-6-7-13-21-18;/h6-11,13-14H,3-5,12,15H2,1-2H3,(H2,20,22,23);1H. The van der Waals surface area contributed by atoms with E-state index in [-0.39, 0.29) is 24.0 Å². The number of halogens is 1. The predicted octanol–water partition coefficient (Wildman–Crippen LogP) is 4.22. The van der Waals surface area contributed by atoms with Crippen LogP contribution < -0.4 is 10.6 Å². The lowest BCUT2D eigenvalue weighted by molar-refractivity contribution is 0.730. The lowest BCUT2D eigenvalue weighted by Gasteiger charge is -2.11. The van der Waals surface area contributed by atoms with Gasteiger partial charge in [0.25, 0.3) is 0 Å². The van der Waals surface area contributed by atoms with E-state index in [4.69, 9.17) is 0 Å². The molecule has 0 amide bonds. The van der Waals surface area contributed by atoms with Gasteiger partial charge in [0.05, 0.1) is 12.2 Å². The van der Waals surface area contributed by atoms with Crippen LogP contribution in [0.5, 0.6) is 0 Å². The van der Waals surface area contributed by atoms with Gasteiger partial charge in [0.15, 0.2) is 5.96 Å². The molecule has 130 valence electrons. The number of hydrogen-bond donors (Lipinski definition) is 2. The molecule has 0 radical (unpaired) electrons. The zero-order chi connectivity index (χ0) is 16.3. The van der Waals surface area contributed by atoms with Gasteiger partial charge in [-0.05, 0) is 37.1 Å². The number of rotatable bonds is 7. The molecule has 1 aromatic carbocycles. The van der Waals surface area contributed by atoms with Gasteiger partial charge in [0.1, 0.15) is 0 Å². The Morgan fingerprint density at radius 2 is 1.96 bits per heavy atom. The van der Waals surface area contributed by atoms with Crippen LogP contribution in [-0.2, 0) is 6.54 Å². The third-order valence-electron chi connectivity index (χ3n) is 3.47. The molecule has 0 saturated carbocycles. The highest BCUT2D eigenvalue weighted by molar-refractivity contribution is 14.0. The number of nitrogens with zero attached hydrogens (tertiary/aromatic N) is 2. The van der Waals surface area contributed by atoms with Crippen molar-refractivity contribution in [3.05, 3.63) is 54.2 Å². The summed E-state index contributed by atoms with van der Waals surface area (Å²) in [7, 11) is 0. The zero-order valence-electron chi connectivity index (χ0n) is 14.5. The van der Waals surface area contributed by atoms with E-state index in [2.05, 4.69) is 58.7 Å². The minimum atomic E-state index is 0. The smallest absolute Gasteiger partial charge is 0.191 e. The highest BCUT2D eigenvalue weighted by atomic mass is 127. The number of aromatic nitrogens is 1. The predicted molar refractivity (Wildman–Crippen MR) is 113 cm³/mol. The van der Waals surface area contributed by atoms with E-state index < -0.39 is 0 Å². The molecular formula is C19H27IN4. The fourth-order valence-corrected chi connectivity index (χ4v) is 2.26. The molecule has 0 bridgehead atoms. The van der Waals surface area contributed by atoms with Crippen molar-refractivity contribution in [3.63, 3.8) is 0 Å². The maximum Gasteiger partial charge on any atom is 0.191 e. The average Bonchev–Trinajstić information content (AvgIpc) is 2.61. The number of nitrogens with one attached hydrogen (secondary N) is 2. The summed E-state index contributed by atoms with van der Waals surface area (Å²) in [5.41, 5.74) is 3.30. The van der Waals surface area contributed by atoms with E-state index in [1.54, 1.807) is 0 Å². The quantitative estimate of drug-likeness (QED) is 0.295. The average molecular weight is 438 g/mol. The molecule has 0 aliphatic carbocycles. The summed E-state index contributed by atoms with van der Waals surface area (Å²) < 4.78 is 0. The van der Waals surface area contributed by atoms with Crippen LogP contribution in [0.15, 0.2) is 53.7 Å². The van der Waals surface area contributed by atoms with Crippen LogP contribution in [0.25, 0.3) is 11.3 Å². The van der Waals surface area contributed by atoms with Crippen LogP contribution >= 0.6 is 24.0 Å². The summed E-state index contributed by atoms with van der Waals surface area (Å²) in [6, 6.07) is 14.4. The molecular weight excluding hydrogens is 411 g/mol. The van der Waals surface area contributed by atoms with E-state index in [1.807, 2.05) is 24.4 Å². The molecule has 0 aliphatic rings.